The van der Waals surface area contributed by atoms with Gasteiger partial charge >= 0.3 is 0 Å². The fourth-order valence-electron chi connectivity index (χ4n) is 1.29. The average molecular weight is 232 g/mol. The van der Waals surface area contributed by atoms with Gasteiger partial charge in [0.1, 0.15) is 9.84 Å². The molecule has 0 amide bonds. The third-order valence-electron chi connectivity index (χ3n) is 2.06. The van der Waals surface area contributed by atoms with Crippen LogP contribution in [0.4, 0.5) is 0 Å². The third kappa shape index (κ3) is 4.44. The molecule has 1 aromatic heterocycles. The highest BCUT2D eigenvalue weighted by atomic mass is 32.2. The first kappa shape index (κ1) is 12.2. The minimum Gasteiger partial charge on any atom is -0.387 e. The minimum atomic E-state index is -2.93. The highest BCUT2D eigenvalue weighted by molar-refractivity contribution is 7.90. The van der Waals surface area contributed by atoms with Crippen LogP contribution in [0.15, 0.2) is 12.5 Å². The molecule has 0 aliphatic rings. The van der Waals surface area contributed by atoms with E-state index in [0.29, 0.717) is 18.5 Å². The lowest BCUT2D eigenvalue weighted by atomic mass is 10.2. The molecule has 0 saturated heterocycles. The predicted octanol–water partition coefficient (Wildman–Crippen LogP) is 0.278. The molecule has 0 radical (unpaired) electrons. The molecule has 0 aliphatic heterocycles. The second-order valence-corrected chi connectivity index (χ2v) is 6.01. The molecule has 0 aromatic carbocycles. The van der Waals surface area contributed by atoms with E-state index in [9.17, 15) is 13.5 Å². The third-order valence-corrected chi connectivity index (χ3v) is 3.09. The molecule has 1 atom stereocenters. The van der Waals surface area contributed by atoms with E-state index in [2.05, 4.69) is 4.98 Å². The van der Waals surface area contributed by atoms with Crippen LogP contribution in [0.5, 0.6) is 0 Å². The fraction of sp³-hybridized carbons (Fsp3) is 0.667. The van der Waals surface area contributed by atoms with Crippen molar-refractivity contribution in [1.29, 1.82) is 0 Å². The molecule has 1 rings (SSSR count). The number of aryl methyl sites for hydroxylation is 1. The minimum absolute atomic E-state index is 0.108. The van der Waals surface area contributed by atoms with Gasteiger partial charge in [-0.15, -0.1) is 0 Å². The van der Waals surface area contributed by atoms with Gasteiger partial charge in [-0.25, -0.2) is 13.4 Å². The van der Waals surface area contributed by atoms with Crippen LogP contribution in [0.25, 0.3) is 0 Å². The molecule has 0 aliphatic carbocycles. The topological polar surface area (TPSA) is 72.2 Å². The summed E-state index contributed by atoms with van der Waals surface area (Å²) in [5, 5.41) is 9.66. The first-order valence-corrected chi connectivity index (χ1v) is 6.78. The van der Waals surface area contributed by atoms with Gasteiger partial charge in [-0.1, -0.05) is 0 Å². The number of nitrogens with zero attached hydrogens (tertiary/aromatic N) is 2. The van der Waals surface area contributed by atoms with E-state index in [4.69, 9.17) is 0 Å². The van der Waals surface area contributed by atoms with Gasteiger partial charge in [0.05, 0.1) is 18.1 Å². The van der Waals surface area contributed by atoms with Crippen molar-refractivity contribution in [3.05, 3.63) is 18.2 Å². The number of hydrogen-bond acceptors (Lipinski definition) is 4. The summed E-state index contributed by atoms with van der Waals surface area (Å²) in [6.45, 7) is 0. The van der Waals surface area contributed by atoms with Crippen LogP contribution in [0.2, 0.25) is 0 Å². The SMILES string of the molecule is Cn1cnc(C(O)CCCS(C)(=O)=O)c1. The van der Waals surface area contributed by atoms with Crippen LogP contribution < -0.4 is 0 Å². The van der Waals surface area contributed by atoms with Crippen LogP contribution in [-0.2, 0) is 16.9 Å². The number of rotatable bonds is 5. The summed E-state index contributed by atoms with van der Waals surface area (Å²) in [4.78, 5) is 3.99. The second kappa shape index (κ2) is 4.76. The first-order chi connectivity index (χ1) is 6.88. The van der Waals surface area contributed by atoms with Gasteiger partial charge in [-0.05, 0) is 12.8 Å². The van der Waals surface area contributed by atoms with Crippen LogP contribution in [0.1, 0.15) is 24.6 Å². The molecule has 1 heterocycles. The maximum absolute atomic E-state index is 10.9. The van der Waals surface area contributed by atoms with Gasteiger partial charge in [0.2, 0.25) is 0 Å². The fourth-order valence-corrected chi connectivity index (χ4v) is 1.98. The van der Waals surface area contributed by atoms with E-state index in [1.54, 1.807) is 17.1 Å². The highest BCUT2D eigenvalue weighted by Crippen LogP contribution is 2.15. The molecule has 6 heteroatoms. The number of imidazole rings is 1. The molecular weight excluding hydrogens is 216 g/mol. The van der Waals surface area contributed by atoms with E-state index < -0.39 is 15.9 Å². The van der Waals surface area contributed by atoms with Crippen molar-refractivity contribution in [3.63, 3.8) is 0 Å². The zero-order valence-corrected chi connectivity index (χ0v) is 9.74. The van der Waals surface area contributed by atoms with Crippen molar-refractivity contribution >= 4 is 9.84 Å². The summed E-state index contributed by atoms with van der Waals surface area (Å²) in [7, 11) is -1.11. The van der Waals surface area contributed by atoms with E-state index in [-0.39, 0.29) is 5.75 Å². The highest BCUT2D eigenvalue weighted by Gasteiger charge is 2.11. The smallest absolute Gasteiger partial charge is 0.147 e. The van der Waals surface area contributed by atoms with Crippen molar-refractivity contribution in [3.8, 4) is 0 Å². The van der Waals surface area contributed by atoms with Crippen molar-refractivity contribution in [2.45, 2.75) is 18.9 Å². The molecule has 1 N–H and O–H groups in total. The average Bonchev–Trinajstić information content (AvgIpc) is 2.49. The molecule has 0 saturated carbocycles. The Morgan fingerprint density at radius 1 is 1.60 bits per heavy atom. The molecule has 86 valence electrons. The Kier molecular flexibility index (Phi) is 3.87. The summed E-state index contributed by atoms with van der Waals surface area (Å²) in [5.41, 5.74) is 0.589. The van der Waals surface area contributed by atoms with E-state index in [0.717, 1.165) is 0 Å². The molecule has 0 bridgehead atoms. The van der Waals surface area contributed by atoms with Crippen LogP contribution >= 0.6 is 0 Å². The van der Waals surface area contributed by atoms with E-state index >= 15 is 0 Å². The first-order valence-electron chi connectivity index (χ1n) is 4.72. The van der Waals surface area contributed by atoms with Gasteiger partial charge in [-0.2, -0.15) is 0 Å². The molecule has 1 unspecified atom stereocenters. The quantitative estimate of drug-likeness (QED) is 0.791. The number of hydrogen-bond donors (Lipinski definition) is 1. The van der Waals surface area contributed by atoms with Crippen LogP contribution in [0, 0.1) is 0 Å². The molecule has 15 heavy (non-hydrogen) atoms. The van der Waals surface area contributed by atoms with Crippen molar-refractivity contribution in [2.24, 2.45) is 7.05 Å². The van der Waals surface area contributed by atoms with Gasteiger partial charge in [0.15, 0.2) is 0 Å². The Morgan fingerprint density at radius 2 is 2.27 bits per heavy atom. The van der Waals surface area contributed by atoms with Gasteiger partial charge < -0.3 is 9.67 Å². The predicted molar refractivity (Wildman–Crippen MR) is 57.1 cm³/mol. The lowest BCUT2D eigenvalue weighted by Gasteiger charge is -2.06. The largest absolute Gasteiger partial charge is 0.387 e. The Balaban J connectivity index is 2.40. The lowest BCUT2D eigenvalue weighted by molar-refractivity contribution is 0.162. The Morgan fingerprint density at radius 3 is 2.73 bits per heavy atom. The summed E-state index contributed by atoms with van der Waals surface area (Å²) >= 11 is 0. The normalized spacial score (nSPS) is 14.1. The van der Waals surface area contributed by atoms with Gasteiger partial charge in [0.25, 0.3) is 0 Å². The molecule has 0 spiro atoms. The summed E-state index contributed by atoms with van der Waals surface area (Å²) in [6, 6.07) is 0. The number of aromatic nitrogens is 2. The van der Waals surface area contributed by atoms with Crippen LogP contribution in [-0.4, -0.2) is 35.1 Å². The Hall–Kier alpha value is -0.880. The summed E-state index contributed by atoms with van der Waals surface area (Å²) < 4.78 is 23.4. The molecule has 5 nitrogen and oxygen atoms in total. The Bertz CT molecular complexity index is 411. The second-order valence-electron chi connectivity index (χ2n) is 3.75. The van der Waals surface area contributed by atoms with Gasteiger partial charge in [0, 0.05) is 25.3 Å². The van der Waals surface area contributed by atoms with Crippen molar-refractivity contribution in [2.75, 3.05) is 12.0 Å². The number of sulfone groups is 1. The molecule has 0 fully saturated rings. The van der Waals surface area contributed by atoms with Crippen LogP contribution in [0.3, 0.4) is 0 Å². The van der Waals surface area contributed by atoms with E-state index in [1.165, 1.54) is 6.26 Å². The maximum Gasteiger partial charge on any atom is 0.147 e. The summed E-state index contributed by atoms with van der Waals surface area (Å²) in [5.74, 6) is 0.108. The summed E-state index contributed by atoms with van der Waals surface area (Å²) in [6.07, 6.45) is 4.73. The monoisotopic (exact) mass is 232 g/mol. The van der Waals surface area contributed by atoms with Crippen molar-refractivity contribution < 1.29 is 13.5 Å². The number of aliphatic hydroxyl groups is 1. The van der Waals surface area contributed by atoms with E-state index in [1.807, 2.05) is 7.05 Å². The molecule has 1 aromatic rings. The zero-order chi connectivity index (χ0) is 11.5. The molecular formula is C9H16N2O3S. The Labute approximate surface area is 89.7 Å². The van der Waals surface area contributed by atoms with Gasteiger partial charge in [-0.3, -0.25) is 0 Å². The maximum atomic E-state index is 10.9. The number of aliphatic hydroxyl groups excluding tert-OH is 1. The zero-order valence-electron chi connectivity index (χ0n) is 8.92. The lowest BCUT2D eigenvalue weighted by Crippen LogP contribution is -2.06. The standard InChI is InChI=1S/C9H16N2O3S/c1-11-6-8(10-7-11)9(12)4-3-5-15(2,13)14/h6-7,9,12H,3-5H2,1-2H3. The van der Waals surface area contributed by atoms with Crippen molar-refractivity contribution in [1.82, 2.24) is 9.55 Å².